The Hall–Kier alpha value is -2.56. The van der Waals surface area contributed by atoms with Crippen LogP contribution in [0.3, 0.4) is 0 Å². The molecule has 2 rings (SSSR count). The number of ether oxygens (including phenoxy) is 1. The van der Waals surface area contributed by atoms with Gasteiger partial charge >= 0.3 is 5.97 Å². The van der Waals surface area contributed by atoms with Crippen molar-refractivity contribution < 1.29 is 14.6 Å². The van der Waals surface area contributed by atoms with Crippen LogP contribution in [0.4, 0.5) is 0 Å². The lowest BCUT2D eigenvalue weighted by atomic mass is 10.0. The van der Waals surface area contributed by atoms with E-state index in [1.807, 2.05) is 6.92 Å². The fraction of sp³-hybridized carbons (Fsp3) is 0.200. The number of aromatic nitrogens is 1. The quantitative estimate of drug-likeness (QED) is 0.896. The molecule has 0 saturated heterocycles. The summed E-state index contributed by atoms with van der Waals surface area (Å²) in [7, 11) is 0. The first-order valence-electron chi connectivity index (χ1n) is 6.23. The predicted molar refractivity (Wildman–Crippen MR) is 75.4 cm³/mol. The fourth-order valence-corrected chi connectivity index (χ4v) is 2.05. The van der Waals surface area contributed by atoms with Crippen molar-refractivity contribution in [2.45, 2.75) is 13.8 Å². The number of hydrogen-bond acceptors (Lipinski definition) is 3. The zero-order chi connectivity index (χ0) is 14.7. The molecule has 0 aliphatic rings. The number of hydrogen-bond donors (Lipinski definition) is 2. The van der Waals surface area contributed by atoms with Crippen LogP contribution in [0.25, 0.3) is 11.1 Å². The van der Waals surface area contributed by atoms with Gasteiger partial charge in [-0.05, 0) is 37.6 Å². The maximum absolute atomic E-state index is 11.8. The minimum atomic E-state index is -1.25. The Balaban J connectivity index is 2.65. The highest BCUT2D eigenvalue weighted by Crippen LogP contribution is 2.26. The monoisotopic (exact) mass is 273 g/mol. The second-order valence-electron chi connectivity index (χ2n) is 4.34. The first-order valence-corrected chi connectivity index (χ1v) is 6.23. The summed E-state index contributed by atoms with van der Waals surface area (Å²) in [5.74, 6) is -0.609. The van der Waals surface area contributed by atoms with Gasteiger partial charge in [0.2, 0.25) is 0 Å². The van der Waals surface area contributed by atoms with E-state index in [-0.39, 0.29) is 5.56 Å². The van der Waals surface area contributed by atoms with Gasteiger partial charge in [0, 0.05) is 11.3 Å². The average molecular weight is 273 g/mol. The molecular formula is C15H15NO4. The molecule has 2 aromatic rings. The zero-order valence-corrected chi connectivity index (χ0v) is 11.3. The molecule has 5 heteroatoms. The molecule has 20 heavy (non-hydrogen) atoms. The average Bonchev–Trinajstić information content (AvgIpc) is 2.38. The molecule has 1 aromatic heterocycles. The van der Waals surface area contributed by atoms with Gasteiger partial charge < -0.3 is 14.8 Å². The van der Waals surface area contributed by atoms with Gasteiger partial charge in [0.05, 0.1) is 6.61 Å². The highest BCUT2D eigenvalue weighted by atomic mass is 16.5. The maximum Gasteiger partial charge on any atom is 0.341 e. The minimum Gasteiger partial charge on any atom is -0.494 e. The standard InChI is InChI=1S/C15H15NO4/c1-3-20-11-6-4-5-10(8-11)12-7-9(2)16-14(17)13(12)15(18)19/h4-8H,3H2,1-2H3,(H,16,17)(H,18,19). The SMILES string of the molecule is CCOc1cccc(-c2cc(C)[nH]c(=O)c2C(=O)O)c1. The molecular weight excluding hydrogens is 258 g/mol. The molecule has 1 heterocycles. The number of carboxylic acid groups (broad SMARTS) is 1. The second-order valence-corrected chi connectivity index (χ2v) is 4.34. The van der Waals surface area contributed by atoms with E-state index in [1.54, 1.807) is 37.3 Å². The summed E-state index contributed by atoms with van der Waals surface area (Å²) < 4.78 is 5.40. The number of aryl methyl sites for hydroxylation is 1. The van der Waals surface area contributed by atoms with E-state index in [0.717, 1.165) is 0 Å². The van der Waals surface area contributed by atoms with Gasteiger partial charge in [-0.3, -0.25) is 4.79 Å². The summed E-state index contributed by atoms with van der Waals surface area (Å²) in [6.07, 6.45) is 0. The van der Waals surface area contributed by atoms with Crippen LogP contribution in [0.5, 0.6) is 5.75 Å². The number of carbonyl (C=O) groups is 1. The van der Waals surface area contributed by atoms with Crippen LogP contribution in [-0.4, -0.2) is 22.7 Å². The molecule has 0 amide bonds. The number of carboxylic acids is 1. The van der Waals surface area contributed by atoms with Crippen molar-refractivity contribution in [1.29, 1.82) is 0 Å². The minimum absolute atomic E-state index is 0.260. The third-order valence-corrected chi connectivity index (χ3v) is 2.84. The van der Waals surface area contributed by atoms with Crippen LogP contribution in [0, 0.1) is 6.92 Å². The van der Waals surface area contributed by atoms with Crippen LogP contribution < -0.4 is 10.3 Å². The van der Waals surface area contributed by atoms with Crippen molar-refractivity contribution in [1.82, 2.24) is 4.98 Å². The Labute approximate surface area is 115 Å². The van der Waals surface area contributed by atoms with Crippen LogP contribution in [0.2, 0.25) is 0 Å². The van der Waals surface area contributed by atoms with Gasteiger partial charge in [-0.2, -0.15) is 0 Å². The molecule has 0 radical (unpaired) electrons. The van der Waals surface area contributed by atoms with Gasteiger partial charge in [-0.15, -0.1) is 0 Å². The Bertz CT molecular complexity index is 703. The van der Waals surface area contributed by atoms with Crippen molar-refractivity contribution in [3.63, 3.8) is 0 Å². The first kappa shape index (κ1) is 13.9. The van der Waals surface area contributed by atoms with Crippen LogP contribution in [0.1, 0.15) is 23.0 Å². The Morgan fingerprint density at radius 2 is 2.10 bits per heavy atom. The zero-order valence-electron chi connectivity index (χ0n) is 11.3. The van der Waals surface area contributed by atoms with E-state index < -0.39 is 11.5 Å². The third kappa shape index (κ3) is 2.71. The molecule has 0 saturated carbocycles. The smallest absolute Gasteiger partial charge is 0.341 e. The number of benzene rings is 1. The van der Waals surface area contributed by atoms with Crippen LogP contribution >= 0.6 is 0 Å². The van der Waals surface area contributed by atoms with Gasteiger partial charge in [0.25, 0.3) is 5.56 Å². The Morgan fingerprint density at radius 3 is 2.75 bits per heavy atom. The molecule has 0 aliphatic carbocycles. The highest BCUT2D eigenvalue weighted by Gasteiger charge is 2.17. The van der Waals surface area contributed by atoms with Gasteiger partial charge in [0.1, 0.15) is 11.3 Å². The number of aromatic carboxylic acids is 1. The second kappa shape index (κ2) is 5.61. The number of rotatable bonds is 4. The first-order chi connectivity index (χ1) is 9.52. The Kier molecular flexibility index (Phi) is 3.89. The van der Waals surface area contributed by atoms with Crippen molar-refractivity contribution in [3.8, 4) is 16.9 Å². The third-order valence-electron chi connectivity index (χ3n) is 2.84. The molecule has 2 N–H and O–H groups in total. The lowest BCUT2D eigenvalue weighted by Crippen LogP contribution is -2.19. The number of aromatic amines is 1. The van der Waals surface area contributed by atoms with Gasteiger partial charge in [0.15, 0.2) is 0 Å². The Morgan fingerprint density at radius 1 is 1.35 bits per heavy atom. The summed E-state index contributed by atoms with van der Waals surface area (Å²) in [4.78, 5) is 25.6. The van der Waals surface area contributed by atoms with E-state index in [4.69, 9.17) is 4.74 Å². The summed E-state index contributed by atoms with van der Waals surface area (Å²) in [6, 6.07) is 8.68. The number of pyridine rings is 1. The van der Waals surface area contributed by atoms with E-state index in [1.165, 1.54) is 0 Å². The molecule has 0 bridgehead atoms. The lowest BCUT2D eigenvalue weighted by molar-refractivity contribution is 0.0696. The maximum atomic E-state index is 11.8. The molecule has 0 fully saturated rings. The normalized spacial score (nSPS) is 10.3. The van der Waals surface area contributed by atoms with Crippen LogP contribution in [-0.2, 0) is 0 Å². The summed E-state index contributed by atoms with van der Waals surface area (Å²) in [5, 5.41) is 9.22. The fourth-order valence-electron chi connectivity index (χ4n) is 2.05. The number of nitrogens with one attached hydrogen (secondary N) is 1. The molecule has 0 aliphatic heterocycles. The van der Waals surface area contributed by atoms with E-state index in [9.17, 15) is 14.7 Å². The molecule has 0 spiro atoms. The van der Waals surface area contributed by atoms with E-state index in [0.29, 0.717) is 29.2 Å². The molecule has 0 atom stereocenters. The van der Waals surface area contributed by atoms with Gasteiger partial charge in [-0.25, -0.2) is 4.79 Å². The van der Waals surface area contributed by atoms with E-state index in [2.05, 4.69) is 4.98 Å². The molecule has 104 valence electrons. The largest absolute Gasteiger partial charge is 0.494 e. The van der Waals surface area contributed by atoms with Crippen molar-refractivity contribution in [3.05, 3.63) is 51.9 Å². The van der Waals surface area contributed by atoms with Crippen molar-refractivity contribution in [2.75, 3.05) is 6.61 Å². The van der Waals surface area contributed by atoms with Gasteiger partial charge in [-0.1, -0.05) is 12.1 Å². The number of H-pyrrole nitrogens is 1. The molecule has 1 aromatic carbocycles. The topological polar surface area (TPSA) is 79.4 Å². The summed E-state index contributed by atoms with van der Waals surface area (Å²) >= 11 is 0. The van der Waals surface area contributed by atoms with E-state index >= 15 is 0 Å². The molecule has 0 unspecified atom stereocenters. The van der Waals surface area contributed by atoms with Crippen molar-refractivity contribution in [2.24, 2.45) is 0 Å². The highest BCUT2D eigenvalue weighted by molar-refractivity contribution is 5.95. The lowest BCUT2D eigenvalue weighted by Gasteiger charge is -2.09. The molecule has 5 nitrogen and oxygen atoms in total. The van der Waals surface area contributed by atoms with Crippen molar-refractivity contribution >= 4 is 5.97 Å². The summed E-state index contributed by atoms with van der Waals surface area (Å²) in [5.41, 5.74) is 0.776. The van der Waals surface area contributed by atoms with Crippen LogP contribution in [0.15, 0.2) is 35.1 Å². The summed E-state index contributed by atoms with van der Waals surface area (Å²) in [6.45, 7) is 4.10. The predicted octanol–water partition coefficient (Wildman–Crippen LogP) is 2.45.